The van der Waals surface area contributed by atoms with Crippen molar-refractivity contribution in [1.82, 2.24) is 37.2 Å². The highest BCUT2D eigenvalue weighted by Gasteiger charge is 2.33. The van der Waals surface area contributed by atoms with Gasteiger partial charge in [-0.15, -0.1) is 12.3 Å². The largest absolute Gasteiger partial charge is 0.480 e. The lowest BCUT2D eigenvalue weighted by molar-refractivity contribution is -0.142. The minimum absolute atomic E-state index is 0.440. The van der Waals surface area contributed by atoms with Crippen LogP contribution in [-0.2, 0) is 38.4 Å². The summed E-state index contributed by atoms with van der Waals surface area (Å²) in [6.07, 6.45) is 4.60. The number of aliphatic hydroxyl groups excluding tert-OH is 7. The van der Waals surface area contributed by atoms with Crippen LogP contribution in [-0.4, -0.2) is 183 Å². The third kappa shape index (κ3) is 14.6. The number of carboxylic acids is 1. The standard InChI is InChI=1S/C26H42N8O16/c1-2-3-12(26(49)50)28-20(43)14(6-37)30-22(45)16(8-39)32-24(47)18(10-41)34-25(48)17(9-40)33-23(46)15(7-38)31-21(44)13(5-36)29-19(42)11(27)4-35/h1,11-18,35-41H,3-10,27H2,(H,28,43)(H,29,42)(H,30,45)(H,31,44)(H,32,47)(H,33,46)(H,34,48)(H,49,50)/t11-,12+,13-,14-,15-,16-,17-,18-/m1/s1. The zero-order chi connectivity index (χ0) is 38.6. The number of nitrogens with two attached hydrogens (primary N) is 1. The van der Waals surface area contributed by atoms with Gasteiger partial charge in [-0.1, -0.05) is 0 Å². The molecule has 0 aromatic carbocycles. The molecule has 7 amide bonds. The Morgan fingerprint density at radius 2 is 0.660 bits per heavy atom. The second-order valence-corrected chi connectivity index (χ2v) is 10.1. The highest BCUT2D eigenvalue weighted by molar-refractivity contribution is 5.97. The van der Waals surface area contributed by atoms with Gasteiger partial charge in [0.05, 0.1) is 46.2 Å². The molecule has 8 atom stereocenters. The maximum atomic E-state index is 12.7. The number of nitrogens with one attached hydrogen (secondary N) is 7. The van der Waals surface area contributed by atoms with Crippen molar-refractivity contribution in [2.75, 3.05) is 46.2 Å². The summed E-state index contributed by atoms with van der Waals surface area (Å²) < 4.78 is 0. The number of aliphatic hydroxyl groups is 7. The fourth-order valence-electron chi connectivity index (χ4n) is 3.48. The van der Waals surface area contributed by atoms with E-state index in [0.29, 0.717) is 0 Å². The van der Waals surface area contributed by atoms with Gasteiger partial charge in [-0.3, -0.25) is 33.6 Å². The number of terminal acetylenes is 1. The van der Waals surface area contributed by atoms with Crippen LogP contribution in [0, 0.1) is 12.3 Å². The van der Waals surface area contributed by atoms with Gasteiger partial charge in [0.15, 0.2) is 0 Å². The molecule has 0 heterocycles. The lowest BCUT2D eigenvalue weighted by atomic mass is 10.1. The molecule has 0 rings (SSSR count). The number of hydrogen-bond acceptors (Lipinski definition) is 16. The fourth-order valence-corrected chi connectivity index (χ4v) is 3.48. The van der Waals surface area contributed by atoms with Crippen molar-refractivity contribution in [2.24, 2.45) is 5.73 Å². The van der Waals surface area contributed by atoms with Crippen molar-refractivity contribution in [3.63, 3.8) is 0 Å². The van der Waals surface area contributed by atoms with E-state index in [9.17, 15) is 69.0 Å². The summed E-state index contributed by atoms with van der Waals surface area (Å²) in [4.78, 5) is 98.4. The van der Waals surface area contributed by atoms with Gasteiger partial charge in [0.1, 0.15) is 48.3 Å². The summed E-state index contributed by atoms with van der Waals surface area (Å²) in [5, 5.41) is 89.2. The highest BCUT2D eigenvalue weighted by atomic mass is 16.4. The summed E-state index contributed by atoms with van der Waals surface area (Å²) in [6.45, 7) is -7.39. The Hall–Kier alpha value is -5.00. The van der Waals surface area contributed by atoms with E-state index in [2.05, 4.69) is 0 Å². The van der Waals surface area contributed by atoms with Gasteiger partial charge < -0.3 is 83.8 Å². The third-order valence-electron chi connectivity index (χ3n) is 6.36. The SMILES string of the molecule is C#CC[C@H](NC(=O)[C@@H](CO)NC(=O)[C@@H](CO)NC(=O)[C@@H](CO)NC(=O)[C@@H](CO)NC(=O)[C@@H](CO)NC(=O)[C@@H](CO)NC(=O)[C@H](N)CO)C(=O)O. The van der Waals surface area contributed by atoms with Crippen molar-refractivity contribution < 1.29 is 79.2 Å². The van der Waals surface area contributed by atoms with Crippen LogP contribution >= 0.6 is 0 Å². The third-order valence-corrected chi connectivity index (χ3v) is 6.36. The van der Waals surface area contributed by atoms with Gasteiger partial charge in [-0.2, -0.15) is 0 Å². The average Bonchev–Trinajstić information content (AvgIpc) is 3.10. The van der Waals surface area contributed by atoms with Crippen LogP contribution in [0.4, 0.5) is 0 Å². The molecule has 0 saturated carbocycles. The molecular weight excluding hydrogens is 680 g/mol. The van der Waals surface area contributed by atoms with Crippen molar-refractivity contribution in [2.45, 2.75) is 54.8 Å². The normalized spacial score (nSPS) is 15.5. The Bertz CT molecular complexity index is 1250. The molecular formula is C26H42N8O16. The number of aliphatic carboxylic acids is 1. The van der Waals surface area contributed by atoms with Gasteiger partial charge in [-0.05, 0) is 0 Å². The van der Waals surface area contributed by atoms with E-state index < -0.39 is 148 Å². The van der Waals surface area contributed by atoms with Crippen LogP contribution in [0.1, 0.15) is 6.42 Å². The number of rotatable bonds is 23. The smallest absolute Gasteiger partial charge is 0.327 e. The number of carboxylic acid groups (broad SMARTS) is 1. The zero-order valence-electron chi connectivity index (χ0n) is 26.3. The predicted octanol–water partition coefficient (Wildman–Crippen LogP) is -11.2. The molecule has 0 radical (unpaired) electrons. The summed E-state index contributed by atoms with van der Waals surface area (Å²) in [5.74, 6) is -8.14. The Morgan fingerprint density at radius 3 is 0.840 bits per heavy atom. The van der Waals surface area contributed by atoms with Crippen molar-refractivity contribution in [3.8, 4) is 12.3 Å². The molecule has 0 aliphatic rings. The Labute approximate surface area is 283 Å². The molecule has 0 fully saturated rings. The second kappa shape index (κ2) is 23.4. The molecule has 24 heteroatoms. The first-order valence-corrected chi connectivity index (χ1v) is 14.4. The van der Waals surface area contributed by atoms with Crippen LogP contribution < -0.4 is 43.0 Å². The summed E-state index contributed by atoms with van der Waals surface area (Å²) in [6, 6.07) is -14.0. The van der Waals surface area contributed by atoms with Gasteiger partial charge in [0.2, 0.25) is 41.4 Å². The van der Waals surface area contributed by atoms with Gasteiger partial charge in [0, 0.05) is 6.42 Å². The molecule has 0 spiro atoms. The molecule has 0 aliphatic heterocycles. The molecule has 50 heavy (non-hydrogen) atoms. The van der Waals surface area contributed by atoms with Gasteiger partial charge in [-0.25, -0.2) is 4.79 Å². The van der Waals surface area contributed by atoms with Crippen LogP contribution in [0.2, 0.25) is 0 Å². The molecule has 17 N–H and O–H groups in total. The molecule has 0 bridgehead atoms. The fraction of sp³-hybridized carbons (Fsp3) is 0.615. The van der Waals surface area contributed by atoms with Crippen molar-refractivity contribution >= 4 is 47.3 Å². The average molecular weight is 723 g/mol. The first-order valence-electron chi connectivity index (χ1n) is 14.4. The van der Waals surface area contributed by atoms with E-state index in [1.807, 2.05) is 43.1 Å². The van der Waals surface area contributed by atoms with E-state index in [1.54, 1.807) is 0 Å². The first kappa shape index (κ1) is 45.0. The minimum atomic E-state index is -1.90. The lowest BCUT2D eigenvalue weighted by Crippen LogP contribution is -2.62. The molecule has 282 valence electrons. The number of carbonyl (C=O) groups is 8. The lowest BCUT2D eigenvalue weighted by Gasteiger charge is -2.25. The second-order valence-electron chi connectivity index (χ2n) is 10.1. The highest BCUT2D eigenvalue weighted by Crippen LogP contribution is 1.97. The maximum Gasteiger partial charge on any atom is 0.327 e. The maximum absolute atomic E-state index is 12.7. The Morgan fingerprint density at radius 1 is 0.440 bits per heavy atom. The van der Waals surface area contributed by atoms with E-state index in [4.69, 9.17) is 22.4 Å². The molecule has 0 unspecified atom stereocenters. The number of carbonyl (C=O) groups excluding carboxylic acids is 7. The van der Waals surface area contributed by atoms with E-state index >= 15 is 0 Å². The first-order chi connectivity index (χ1) is 23.6. The Kier molecular flexibility index (Phi) is 21.0. The molecule has 0 aromatic rings. The number of hydrogen-bond donors (Lipinski definition) is 16. The van der Waals surface area contributed by atoms with Crippen LogP contribution in [0.5, 0.6) is 0 Å². The van der Waals surface area contributed by atoms with Gasteiger partial charge >= 0.3 is 5.97 Å². The zero-order valence-corrected chi connectivity index (χ0v) is 26.3. The van der Waals surface area contributed by atoms with E-state index in [0.717, 1.165) is 0 Å². The molecule has 0 aliphatic carbocycles. The molecule has 0 aromatic heterocycles. The van der Waals surface area contributed by atoms with Crippen molar-refractivity contribution in [1.29, 1.82) is 0 Å². The van der Waals surface area contributed by atoms with E-state index in [-0.39, 0.29) is 0 Å². The summed E-state index contributed by atoms with van der Waals surface area (Å²) in [5.41, 5.74) is 5.31. The molecule has 0 saturated heterocycles. The number of amides is 7. The van der Waals surface area contributed by atoms with Crippen molar-refractivity contribution in [3.05, 3.63) is 0 Å². The minimum Gasteiger partial charge on any atom is -0.480 e. The molecule has 24 nitrogen and oxygen atoms in total. The van der Waals surface area contributed by atoms with Crippen LogP contribution in [0.25, 0.3) is 0 Å². The van der Waals surface area contributed by atoms with E-state index in [1.165, 1.54) is 0 Å². The topological polar surface area (TPSA) is 409 Å². The summed E-state index contributed by atoms with van der Waals surface area (Å²) >= 11 is 0. The van der Waals surface area contributed by atoms with Crippen LogP contribution in [0.15, 0.2) is 0 Å². The predicted molar refractivity (Wildman–Crippen MR) is 162 cm³/mol. The quantitative estimate of drug-likeness (QED) is 0.0435. The van der Waals surface area contributed by atoms with Gasteiger partial charge in [0.25, 0.3) is 0 Å². The monoisotopic (exact) mass is 722 g/mol. The summed E-state index contributed by atoms with van der Waals surface area (Å²) in [7, 11) is 0. The van der Waals surface area contributed by atoms with Crippen LogP contribution in [0.3, 0.4) is 0 Å². The Balaban J connectivity index is 5.47.